The number of hydroxylamine groups is 2. The van der Waals surface area contributed by atoms with E-state index in [0.29, 0.717) is 11.5 Å². The maximum absolute atomic E-state index is 12.1. The highest BCUT2D eigenvalue weighted by molar-refractivity contribution is 6.20. The standard InChI is InChI=1S/C18H22N2O6/c1-18(2,3)25-17(24)19(4)11-7-10-14(21)26-20-15(22)12-8-5-6-9-13(12)16(20)23/h5-6,8-9H,7,10-11H2,1-4H3. The summed E-state index contributed by atoms with van der Waals surface area (Å²) in [6, 6.07) is 6.25. The van der Waals surface area contributed by atoms with Gasteiger partial charge in [-0.3, -0.25) is 9.59 Å². The van der Waals surface area contributed by atoms with E-state index in [4.69, 9.17) is 9.57 Å². The van der Waals surface area contributed by atoms with Crippen LogP contribution in [0.4, 0.5) is 4.79 Å². The van der Waals surface area contributed by atoms with Crippen molar-refractivity contribution in [3.05, 3.63) is 35.4 Å². The number of ether oxygens (including phenoxy) is 1. The van der Waals surface area contributed by atoms with E-state index in [1.165, 1.54) is 17.0 Å². The van der Waals surface area contributed by atoms with E-state index in [1.807, 2.05) is 0 Å². The molecule has 2 rings (SSSR count). The Morgan fingerprint density at radius 2 is 1.62 bits per heavy atom. The zero-order valence-electron chi connectivity index (χ0n) is 15.3. The van der Waals surface area contributed by atoms with Crippen molar-refractivity contribution < 1.29 is 28.8 Å². The van der Waals surface area contributed by atoms with Crippen molar-refractivity contribution in [3.63, 3.8) is 0 Å². The summed E-state index contributed by atoms with van der Waals surface area (Å²) in [4.78, 5) is 54.2. The van der Waals surface area contributed by atoms with Crippen molar-refractivity contribution in [3.8, 4) is 0 Å². The number of hydrogen-bond donors (Lipinski definition) is 0. The molecule has 0 aromatic heterocycles. The lowest BCUT2D eigenvalue weighted by molar-refractivity contribution is -0.168. The van der Waals surface area contributed by atoms with Crippen LogP contribution in [0.25, 0.3) is 0 Å². The molecule has 26 heavy (non-hydrogen) atoms. The number of rotatable bonds is 5. The third kappa shape index (κ3) is 4.59. The van der Waals surface area contributed by atoms with Crippen LogP contribution in [0.1, 0.15) is 54.3 Å². The van der Waals surface area contributed by atoms with E-state index in [2.05, 4.69) is 0 Å². The number of fused-ring (bicyclic) bond motifs is 1. The first-order valence-electron chi connectivity index (χ1n) is 8.23. The molecule has 8 heteroatoms. The maximum atomic E-state index is 12.1. The monoisotopic (exact) mass is 362 g/mol. The van der Waals surface area contributed by atoms with Crippen molar-refractivity contribution in [2.24, 2.45) is 0 Å². The van der Waals surface area contributed by atoms with Crippen LogP contribution in [0.2, 0.25) is 0 Å². The van der Waals surface area contributed by atoms with Gasteiger partial charge in [-0.15, -0.1) is 0 Å². The zero-order chi connectivity index (χ0) is 19.5. The molecule has 0 saturated carbocycles. The molecule has 0 atom stereocenters. The van der Waals surface area contributed by atoms with Gasteiger partial charge in [-0.1, -0.05) is 17.2 Å². The van der Waals surface area contributed by atoms with Crippen molar-refractivity contribution in [1.82, 2.24) is 9.96 Å². The first-order valence-corrected chi connectivity index (χ1v) is 8.23. The molecule has 1 aliphatic heterocycles. The molecular weight excluding hydrogens is 340 g/mol. The minimum Gasteiger partial charge on any atom is -0.444 e. The van der Waals surface area contributed by atoms with Crippen LogP contribution in [0.5, 0.6) is 0 Å². The summed E-state index contributed by atoms with van der Waals surface area (Å²) in [7, 11) is 1.56. The highest BCUT2D eigenvalue weighted by Gasteiger charge is 2.38. The summed E-state index contributed by atoms with van der Waals surface area (Å²) in [5.74, 6) is -2.05. The maximum Gasteiger partial charge on any atom is 0.410 e. The molecule has 0 bridgehead atoms. The molecule has 1 aliphatic rings. The second-order valence-electron chi connectivity index (χ2n) is 6.92. The van der Waals surface area contributed by atoms with Gasteiger partial charge in [0.25, 0.3) is 11.8 Å². The number of carbonyl (C=O) groups is 4. The fraction of sp³-hybridized carbons (Fsp3) is 0.444. The van der Waals surface area contributed by atoms with Gasteiger partial charge in [0.05, 0.1) is 11.1 Å². The quantitative estimate of drug-likeness (QED) is 0.747. The molecule has 0 saturated heterocycles. The number of carbonyl (C=O) groups excluding carboxylic acids is 4. The van der Waals surface area contributed by atoms with Crippen LogP contribution in [0.15, 0.2) is 24.3 Å². The SMILES string of the molecule is CN(CCCC(=O)ON1C(=O)c2ccccc2C1=O)C(=O)OC(C)(C)C. The van der Waals surface area contributed by atoms with E-state index >= 15 is 0 Å². The Labute approximate surface area is 151 Å². The molecule has 140 valence electrons. The lowest BCUT2D eigenvalue weighted by Crippen LogP contribution is -2.35. The van der Waals surface area contributed by atoms with Crippen molar-refractivity contribution in [2.45, 2.75) is 39.2 Å². The Morgan fingerprint density at radius 1 is 1.08 bits per heavy atom. The zero-order valence-corrected chi connectivity index (χ0v) is 15.3. The molecule has 0 aliphatic carbocycles. The minimum atomic E-state index is -0.725. The molecule has 3 amide bonds. The summed E-state index contributed by atoms with van der Waals surface area (Å²) >= 11 is 0. The van der Waals surface area contributed by atoms with E-state index in [-0.39, 0.29) is 24.1 Å². The van der Waals surface area contributed by atoms with Crippen LogP contribution in [0.3, 0.4) is 0 Å². The van der Waals surface area contributed by atoms with Crippen LogP contribution < -0.4 is 0 Å². The van der Waals surface area contributed by atoms with E-state index in [9.17, 15) is 19.2 Å². The lowest BCUT2D eigenvalue weighted by Gasteiger charge is -2.24. The highest BCUT2D eigenvalue weighted by atomic mass is 16.7. The number of nitrogens with zero attached hydrogens (tertiary/aromatic N) is 2. The Bertz CT molecular complexity index is 702. The topological polar surface area (TPSA) is 93.2 Å². The van der Waals surface area contributed by atoms with Gasteiger partial charge in [-0.2, -0.15) is 0 Å². The van der Waals surface area contributed by atoms with Crippen molar-refractivity contribution in [1.29, 1.82) is 0 Å². The van der Waals surface area contributed by atoms with Crippen molar-refractivity contribution in [2.75, 3.05) is 13.6 Å². The number of benzene rings is 1. The van der Waals surface area contributed by atoms with Gasteiger partial charge >= 0.3 is 12.1 Å². The Morgan fingerprint density at radius 3 is 2.12 bits per heavy atom. The third-order valence-electron chi connectivity index (χ3n) is 3.53. The molecule has 0 spiro atoms. The van der Waals surface area contributed by atoms with Crippen LogP contribution in [0, 0.1) is 0 Å². The van der Waals surface area contributed by atoms with Gasteiger partial charge < -0.3 is 14.5 Å². The number of hydrogen-bond acceptors (Lipinski definition) is 6. The second-order valence-corrected chi connectivity index (χ2v) is 6.92. The van der Waals surface area contributed by atoms with Crippen LogP contribution >= 0.6 is 0 Å². The van der Waals surface area contributed by atoms with E-state index in [1.54, 1.807) is 40.0 Å². The lowest BCUT2D eigenvalue weighted by atomic mass is 10.1. The predicted molar refractivity (Wildman–Crippen MR) is 91.1 cm³/mol. The molecule has 0 unspecified atom stereocenters. The third-order valence-corrected chi connectivity index (χ3v) is 3.53. The van der Waals surface area contributed by atoms with E-state index < -0.39 is 29.5 Å². The number of amides is 3. The Hall–Kier alpha value is -2.90. The molecular formula is C18H22N2O6. The van der Waals surface area contributed by atoms with Crippen LogP contribution in [-0.2, 0) is 14.4 Å². The molecule has 1 heterocycles. The average molecular weight is 362 g/mol. The first-order chi connectivity index (χ1) is 12.1. The average Bonchev–Trinajstić information content (AvgIpc) is 2.78. The van der Waals surface area contributed by atoms with Gasteiger partial charge in [-0.05, 0) is 39.3 Å². The number of imide groups is 1. The molecule has 0 radical (unpaired) electrons. The summed E-state index contributed by atoms with van der Waals surface area (Å²) in [5, 5.41) is 0.477. The summed E-state index contributed by atoms with van der Waals surface area (Å²) in [5.41, 5.74) is -0.194. The minimum absolute atomic E-state index is 0.0550. The molecule has 1 aromatic carbocycles. The summed E-state index contributed by atoms with van der Waals surface area (Å²) in [6.45, 7) is 5.56. The summed E-state index contributed by atoms with van der Waals surface area (Å²) < 4.78 is 5.20. The fourth-order valence-corrected chi connectivity index (χ4v) is 2.29. The molecule has 0 fully saturated rings. The Kier molecular flexibility index (Phi) is 5.64. The highest BCUT2D eigenvalue weighted by Crippen LogP contribution is 2.22. The fourth-order valence-electron chi connectivity index (χ4n) is 2.29. The van der Waals surface area contributed by atoms with Gasteiger partial charge in [0, 0.05) is 20.0 Å². The van der Waals surface area contributed by atoms with Crippen molar-refractivity contribution >= 4 is 23.9 Å². The van der Waals surface area contributed by atoms with E-state index in [0.717, 1.165) is 0 Å². The molecule has 8 nitrogen and oxygen atoms in total. The largest absolute Gasteiger partial charge is 0.444 e. The Balaban J connectivity index is 1.81. The molecule has 0 N–H and O–H groups in total. The molecule has 1 aromatic rings. The smallest absolute Gasteiger partial charge is 0.410 e. The van der Waals surface area contributed by atoms with Crippen LogP contribution in [-0.4, -0.2) is 53.0 Å². The normalized spacial score (nSPS) is 13.5. The second kappa shape index (κ2) is 7.55. The first kappa shape index (κ1) is 19.4. The van der Waals surface area contributed by atoms with Gasteiger partial charge in [0.15, 0.2) is 0 Å². The van der Waals surface area contributed by atoms with Gasteiger partial charge in [0.2, 0.25) is 0 Å². The van der Waals surface area contributed by atoms with Gasteiger partial charge in [0.1, 0.15) is 5.60 Å². The van der Waals surface area contributed by atoms with Gasteiger partial charge in [-0.25, -0.2) is 9.59 Å². The summed E-state index contributed by atoms with van der Waals surface area (Å²) in [6.07, 6.45) is -0.246. The predicted octanol–water partition coefficient (Wildman–Crippen LogP) is 2.39.